The van der Waals surface area contributed by atoms with Gasteiger partial charge >= 0.3 is 0 Å². The summed E-state index contributed by atoms with van der Waals surface area (Å²) in [5.41, 5.74) is 3.78. The summed E-state index contributed by atoms with van der Waals surface area (Å²) in [6.07, 6.45) is 2.59. The Balaban J connectivity index is 2.13. The van der Waals surface area contributed by atoms with Gasteiger partial charge in [0.2, 0.25) is 0 Å². The van der Waals surface area contributed by atoms with Crippen molar-refractivity contribution in [2.24, 2.45) is 5.92 Å². The molecule has 1 N–H and O–H groups in total. The smallest absolute Gasteiger partial charge is 0.0567 e. The van der Waals surface area contributed by atoms with E-state index in [4.69, 9.17) is 0 Å². The van der Waals surface area contributed by atoms with E-state index < -0.39 is 10.8 Å². The zero-order chi connectivity index (χ0) is 13.7. The Bertz CT molecular complexity index is 536. The van der Waals surface area contributed by atoms with Gasteiger partial charge in [-0.05, 0) is 49.3 Å². The molecule has 1 saturated carbocycles. The number of nitrogens with one attached hydrogen (secondary N) is 1. The first-order valence-electron chi connectivity index (χ1n) is 7.27. The van der Waals surface area contributed by atoms with Gasteiger partial charge in [-0.1, -0.05) is 26.0 Å². The van der Waals surface area contributed by atoms with E-state index in [1.54, 1.807) is 0 Å². The van der Waals surface area contributed by atoms with Crippen molar-refractivity contribution in [1.82, 2.24) is 5.32 Å². The molecule has 2 aliphatic rings. The predicted octanol–water partition coefficient (Wildman–Crippen LogP) is 3.24. The van der Waals surface area contributed by atoms with E-state index in [1.165, 1.54) is 29.5 Å². The minimum Gasteiger partial charge on any atom is -0.307 e. The number of fused-ring (bicyclic) bond motifs is 1. The second-order valence-electron chi connectivity index (χ2n) is 6.22. The molecule has 104 valence electrons. The molecule has 1 heterocycles. The second-order valence-corrected chi connectivity index (χ2v) is 7.97. The van der Waals surface area contributed by atoms with Gasteiger partial charge in [-0.2, -0.15) is 0 Å². The van der Waals surface area contributed by atoms with Gasteiger partial charge in [-0.15, -0.1) is 0 Å². The van der Waals surface area contributed by atoms with E-state index in [1.807, 2.05) is 0 Å². The van der Waals surface area contributed by atoms with Gasteiger partial charge in [0, 0.05) is 22.2 Å². The molecule has 0 amide bonds. The Morgan fingerprint density at radius 1 is 1.16 bits per heavy atom. The lowest BCUT2D eigenvalue weighted by atomic mass is 9.87. The summed E-state index contributed by atoms with van der Waals surface area (Å²) < 4.78 is 12.7. The van der Waals surface area contributed by atoms with E-state index in [-0.39, 0.29) is 5.25 Å². The average molecular weight is 277 g/mol. The maximum Gasteiger partial charge on any atom is 0.0567 e. The van der Waals surface area contributed by atoms with Crippen molar-refractivity contribution in [2.75, 3.05) is 0 Å². The van der Waals surface area contributed by atoms with Gasteiger partial charge in [-0.3, -0.25) is 4.21 Å². The topological polar surface area (TPSA) is 29.1 Å². The fraction of sp³-hybridized carbons (Fsp3) is 0.625. The van der Waals surface area contributed by atoms with Crippen LogP contribution in [-0.4, -0.2) is 15.5 Å². The molecular formula is C16H23NOS. The number of benzene rings is 1. The maximum absolute atomic E-state index is 12.7. The van der Waals surface area contributed by atoms with Crippen LogP contribution in [0.3, 0.4) is 0 Å². The second kappa shape index (κ2) is 4.71. The lowest BCUT2D eigenvalue weighted by molar-refractivity contribution is 0.362. The molecule has 1 aliphatic heterocycles. The minimum absolute atomic E-state index is 0.226. The van der Waals surface area contributed by atoms with Crippen molar-refractivity contribution < 1.29 is 4.21 Å². The van der Waals surface area contributed by atoms with Crippen molar-refractivity contribution in [3.63, 3.8) is 0 Å². The third-order valence-corrected chi connectivity index (χ3v) is 6.77. The molecular weight excluding hydrogens is 254 g/mol. The molecule has 2 nitrogen and oxygen atoms in total. The van der Waals surface area contributed by atoms with Crippen LogP contribution in [0, 0.1) is 19.8 Å². The van der Waals surface area contributed by atoms with Crippen molar-refractivity contribution in [3.05, 3.63) is 28.8 Å². The molecule has 0 aromatic heterocycles. The normalized spacial score (nSPS) is 34.1. The minimum atomic E-state index is -0.867. The monoisotopic (exact) mass is 277 g/mol. The molecule has 0 saturated heterocycles. The van der Waals surface area contributed by atoms with Crippen molar-refractivity contribution in [1.29, 1.82) is 0 Å². The lowest BCUT2D eigenvalue weighted by Gasteiger charge is -2.38. The largest absolute Gasteiger partial charge is 0.307 e. The molecule has 1 aromatic carbocycles. The first-order chi connectivity index (χ1) is 9.00. The first-order valence-corrected chi connectivity index (χ1v) is 8.48. The Labute approximate surface area is 118 Å². The van der Waals surface area contributed by atoms with Gasteiger partial charge in [0.15, 0.2) is 0 Å². The Morgan fingerprint density at radius 3 is 2.42 bits per heavy atom. The zero-order valence-corrected chi connectivity index (χ0v) is 13.0. The Hall–Kier alpha value is -0.670. The van der Waals surface area contributed by atoms with E-state index in [0.717, 1.165) is 4.90 Å². The highest BCUT2D eigenvalue weighted by atomic mass is 32.2. The molecule has 1 aromatic rings. The molecule has 0 spiro atoms. The average Bonchev–Trinajstić information content (AvgIpc) is 3.19. The highest BCUT2D eigenvalue weighted by molar-refractivity contribution is 7.85. The molecule has 0 bridgehead atoms. The highest BCUT2D eigenvalue weighted by Gasteiger charge is 2.40. The van der Waals surface area contributed by atoms with Crippen LogP contribution in [0.4, 0.5) is 0 Å². The molecule has 1 aliphatic carbocycles. The third-order valence-electron chi connectivity index (χ3n) is 4.72. The van der Waals surface area contributed by atoms with Gasteiger partial charge < -0.3 is 5.32 Å². The van der Waals surface area contributed by atoms with E-state index in [2.05, 4.69) is 45.1 Å². The van der Waals surface area contributed by atoms with Crippen LogP contribution in [-0.2, 0) is 10.8 Å². The summed E-state index contributed by atoms with van der Waals surface area (Å²) in [6.45, 7) is 8.62. The number of hydrogen-bond acceptors (Lipinski definition) is 2. The van der Waals surface area contributed by atoms with Crippen LogP contribution in [0.15, 0.2) is 17.0 Å². The molecule has 0 radical (unpaired) electrons. The Kier molecular flexibility index (Phi) is 3.30. The summed E-state index contributed by atoms with van der Waals surface area (Å²) >= 11 is 0. The Morgan fingerprint density at radius 2 is 1.79 bits per heavy atom. The van der Waals surface area contributed by atoms with Crippen LogP contribution >= 0.6 is 0 Å². The molecule has 1 fully saturated rings. The van der Waals surface area contributed by atoms with Crippen molar-refractivity contribution in [3.8, 4) is 0 Å². The molecule has 19 heavy (non-hydrogen) atoms. The van der Waals surface area contributed by atoms with Gasteiger partial charge in [0.05, 0.1) is 10.8 Å². The van der Waals surface area contributed by atoms with Crippen molar-refractivity contribution in [2.45, 2.75) is 62.8 Å². The van der Waals surface area contributed by atoms with Crippen LogP contribution in [0.5, 0.6) is 0 Å². The standard InChI is InChI=1S/C16H23NOS/c1-9-5-6-10(2)16-14(9)15(17-13-7-8-13)11(3)12(4)19(16)18/h5-6,11-13,15,17H,7-8H2,1-4H3. The van der Waals surface area contributed by atoms with Gasteiger partial charge in [0.25, 0.3) is 0 Å². The first kappa shape index (κ1) is 13.3. The fourth-order valence-corrected chi connectivity index (χ4v) is 4.92. The summed E-state index contributed by atoms with van der Waals surface area (Å²) in [5.74, 6) is 0.425. The maximum atomic E-state index is 12.7. The quantitative estimate of drug-likeness (QED) is 0.899. The van der Waals surface area contributed by atoms with E-state index >= 15 is 0 Å². The molecule has 3 heteroatoms. The van der Waals surface area contributed by atoms with E-state index in [9.17, 15) is 4.21 Å². The molecule has 3 rings (SSSR count). The lowest BCUT2D eigenvalue weighted by Crippen LogP contribution is -2.40. The van der Waals surface area contributed by atoms with E-state index in [0.29, 0.717) is 18.0 Å². The summed E-state index contributed by atoms with van der Waals surface area (Å²) in [5, 5.41) is 4.01. The van der Waals surface area contributed by atoms with Gasteiger partial charge in [-0.25, -0.2) is 0 Å². The summed E-state index contributed by atoms with van der Waals surface area (Å²) in [4.78, 5) is 1.10. The number of rotatable bonds is 2. The highest BCUT2D eigenvalue weighted by Crippen LogP contribution is 2.42. The van der Waals surface area contributed by atoms with Gasteiger partial charge in [0.1, 0.15) is 0 Å². The zero-order valence-electron chi connectivity index (χ0n) is 12.2. The van der Waals surface area contributed by atoms with Crippen LogP contribution < -0.4 is 5.32 Å². The van der Waals surface area contributed by atoms with Crippen molar-refractivity contribution >= 4 is 10.8 Å². The van der Waals surface area contributed by atoms with Crippen LogP contribution in [0.2, 0.25) is 0 Å². The van der Waals surface area contributed by atoms with Crippen LogP contribution in [0.25, 0.3) is 0 Å². The third kappa shape index (κ3) is 2.17. The number of aryl methyl sites for hydroxylation is 2. The van der Waals surface area contributed by atoms with Crippen LogP contribution in [0.1, 0.15) is 49.4 Å². The summed E-state index contributed by atoms with van der Waals surface area (Å²) in [6, 6.07) is 5.34. The number of hydrogen-bond donors (Lipinski definition) is 1. The summed E-state index contributed by atoms with van der Waals surface area (Å²) in [7, 11) is -0.867. The molecule has 4 atom stereocenters. The SMILES string of the molecule is Cc1ccc(C)c2c1C(NC1CC1)C(C)C(C)S2=O. The molecule has 4 unspecified atom stereocenters. The predicted molar refractivity (Wildman–Crippen MR) is 79.8 cm³/mol. The fourth-order valence-electron chi connectivity index (χ4n) is 3.11.